The van der Waals surface area contributed by atoms with Gasteiger partial charge in [0.2, 0.25) is 5.95 Å². The standard InChI is InChI=1S/C22H25N5O3S/c1-13-10-12-31-20(13)19-18(21(29)24-15-6-8-16(30-3)9-7-15)14(2)23-22-25-17(5-4-11-28)26-27(19)22/h6-10,12,19,28H,4-5,11H2,1-3H3,(H,24,29)(H,23,25,26). The number of amides is 1. The zero-order valence-corrected chi connectivity index (χ0v) is 18.5. The molecule has 0 saturated heterocycles. The normalized spacial score (nSPS) is 15.4. The van der Waals surface area contributed by atoms with Crippen molar-refractivity contribution in [3.8, 4) is 5.75 Å². The van der Waals surface area contributed by atoms with Crippen LogP contribution in [0.15, 0.2) is 47.0 Å². The van der Waals surface area contributed by atoms with E-state index >= 15 is 0 Å². The molecule has 0 aliphatic carbocycles. The first kappa shape index (κ1) is 21.1. The predicted molar refractivity (Wildman–Crippen MR) is 121 cm³/mol. The SMILES string of the molecule is COc1ccc(NC(=O)C2=C(C)Nc3nc(CCCO)nn3C2c2sccc2C)cc1. The van der Waals surface area contributed by atoms with Crippen LogP contribution >= 0.6 is 11.3 Å². The fourth-order valence-electron chi connectivity index (χ4n) is 3.61. The average Bonchev–Trinajstić information content (AvgIpc) is 3.37. The number of carbonyl (C=O) groups is 1. The van der Waals surface area contributed by atoms with Gasteiger partial charge in [-0.25, -0.2) is 4.68 Å². The first-order chi connectivity index (χ1) is 15.0. The van der Waals surface area contributed by atoms with E-state index in [1.54, 1.807) is 35.3 Å². The summed E-state index contributed by atoms with van der Waals surface area (Å²) in [5, 5.41) is 22.1. The molecule has 3 heterocycles. The van der Waals surface area contributed by atoms with Crippen molar-refractivity contribution in [2.24, 2.45) is 0 Å². The summed E-state index contributed by atoms with van der Waals surface area (Å²) in [6.45, 7) is 3.99. The molecule has 1 amide bonds. The number of hydrogen-bond donors (Lipinski definition) is 3. The molecule has 1 unspecified atom stereocenters. The Labute approximate surface area is 184 Å². The molecule has 0 bridgehead atoms. The molecule has 0 saturated carbocycles. The van der Waals surface area contributed by atoms with E-state index in [0.717, 1.165) is 21.9 Å². The summed E-state index contributed by atoms with van der Waals surface area (Å²) in [5.41, 5.74) is 3.10. The molecule has 1 aromatic carbocycles. The first-order valence-corrected chi connectivity index (χ1v) is 10.9. The van der Waals surface area contributed by atoms with Crippen LogP contribution < -0.4 is 15.4 Å². The smallest absolute Gasteiger partial charge is 0.255 e. The minimum atomic E-state index is -0.384. The number of allylic oxidation sites excluding steroid dienone is 1. The van der Waals surface area contributed by atoms with Gasteiger partial charge in [0.15, 0.2) is 5.82 Å². The van der Waals surface area contributed by atoms with Gasteiger partial charge in [-0.15, -0.1) is 11.3 Å². The van der Waals surface area contributed by atoms with Gasteiger partial charge in [-0.05, 0) is 61.5 Å². The van der Waals surface area contributed by atoms with Crippen LogP contribution in [0, 0.1) is 6.92 Å². The summed E-state index contributed by atoms with van der Waals surface area (Å²) in [6, 6.07) is 8.88. The molecule has 31 heavy (non-hydrogen) atoms. The van der Waals surface area contributed by atoms with E-state index < -0.39 is 0 Å². The number of aromatic nitrogens is 3. The van der Waals surface area contributed by atoms with Crippen LogP contribution in [0.2, 0.25) is 0 Å². The Morgan fingerprint density at radius 2 is 2.06 bits per heavy atom. The van der Waals surface area contributed by atoms with E-state index in [1.165, 1.54) is 0 Å². The molecule has 3 aromatic rings. The predicted octanol–water partition coefficient (Wildman–Crippen LogP) is 3.51. The van der Waals surface area contributed by atoms with Gasteiger partial charge in [0.1, 0.15) is 11.8 Å². The third-order valence-corrected chi connectivity index (χ3v) is 6.27. The number of ether oxygens (including phenoxy) is 1. The lowest BCUT2D eigenvalue weighted by Gasteiger charge is -2.28. The molecule has 0 radical (unpaired) electrons. The van der Waals surface area contributed by atoms with E-state index in [-0.39, 0.29) is 18.6 Å². The summed E-state index contributed by atoms with van der Waals surface area (Å²) < 4.78 is 6.97. The van der Waals surface area contributed by atoms with E-state index in [9.17, 15) is 4.79 Å². The van der Waals surface area contributed by atoms with Crippen LogP contribution in [-0.2, 0) is 11.2 Å². The number of hydrogen-bond acceptors (Lipinski definition) is 7. The zero-order chi connectivity index (χ0) is 22.0. The van der Waals surface area contributed by atoms with Crippen molar-refractivity contribution in [2.75, 3.05) is 24.4 Å². The maximum absolute atomic E-state index is 13.4. The Balaban J connectivity index is 1.71. The Bertz CT molecular complexity index is 1120. The molecule has 0 spiro atoms. The minimum Gasteiger partial charge on any atom is -0.497 e. The van der Waals surface area contributed by atoms with Crippen LogP contribution in [0.4, 0.5) is 11.6 Å². The van der Waals surface area contributed by atoms with Gasteiger partial charge in [-0.3, -0.25) is 4.79 Å². The second kappa shape index (κ2) is 8.91. The number of rotatable bonds is 7. The number of aliphatic hydroxyl groups is 1. The number of fused-ring (bicyclic) bond motifs is 1. The monoisotopic (exact) mass is 439 g/mol. The number of aryl methyl sites for hydroxylation is 2. The van der Waals surface area contributed by atoms with Crippen LogP contribution in [0.5, 0.6) is 5.75 Å². The van der Waals surface area contributed by atoms with Gasteiger partial charge in [-0.1, -0.05) is 0 Å². The number of carbonyl (C=O) groups excluding carboxylic acids is 1. The summed E-state index contributed by atoms with van der Waals surface area (Å²) in [5.74, 6) is 1.76. The maximum Gasteiger partial charge on any atom is 0.255 e. The van der Waals surface area contributed by atoms with Crippen molar-refractivity contribution in [3.63, 3.8) is 0 Å². The number of nitrogens with one attached hydrogen (secondary N) is 2. The number of methoxy groups -OCH3 is 1. The summed E-state index contributed by atoms with van der Waals surface area (Å²) in [7, 11) is 1.61. The maximum atomic E-state index is 13.4. The Hall–Kier alpha value is -3.17. The molecule has 162 valence electrons. The second-order valence-electron chi connectivity index (χ2n) is 7.34. The van der Waals surface area contributed by atoms with Crippen molar-refractivity contribution in [3.05, 3.63) is 63.2 Å². The van der Waals surface area contributed by atoms with Crippen molar-refractivity contribution in [2.45, 2.75) is 32.7 Å². The number of benzene rings is 1. The topological polar surface area (TPSA) is 101 Å². The molecule has 9 heteroatoms. The lowest BCUT2D eigenvalue weighted by Crippen LogP contribution is -2.31. The van der Waals surface area contributed by atoms with Crippen LogP contribution in [0.1, 0.15) is 35.7 Å². The quantitative estimate of drug-likeness (QED) is 0.521. The molecular formula is C22H25N5O3S. The van der Waals surface area contributed by atoms with Crippen molar-refractivity contribution in [1.29, 1.82) is 0 Å². The number of aliphatic hydroxyl groups excluding tert-OH is 1. The fourth-order valence-corrected chi connectivity index (χ4v) is 4.63. The fraction of sp³-hybridized carbons (Fsp3) is 0.318. The van der Waals surface area contributed by atoms with Crippen molar-refractivity contribution < 1.29 is 14.6 Å². The number of nitrogens with zero attached hydrogens (tertiary/aromatic N) is 3. The van der Waals surface area contributed by atoms with Gasteiger partial charge in [0.05, 0.1) is 12.7 Å². The van der Waals surface area contributed by atoms with Gasteiger partial charge < -0.3 is 20.5 Å². The van der Waals surface area contributed by atoms with Crippen molar-refractivity contribution >= 4 is 28.9 Å². The highest BCUT2D eigenvalue weighted by Gasteiger charge is 2.35. The molecule has 1 atom stereocenters. The van der Waals surface area contributed by atoms with Crippen LogP contribution in [-0.4, -0.2) is 39.5 Å². The van der Waals surface area contributed by atoms with Gasteiger partial charge in [0, 0.05) is 29.3 Å². The second-order valence-corrected chi connectivity index (χ2v) is 8.29. The molecular weight excluding hydrogens is 414 g/mol. The zero-order valence-electron chi connectivity index (χ0n) is 17.7. The largest absolute Gasteiger partial charge is 0.497 e. The number of anilines is 2. The molecule has 2 aromatic heterocycles. The summed E-state index contributed by atoms with van der Waals surface area (Å²) in [6.07, 6.45) is 1.16. The third-order valence-electron chi connectivity index (χ3n) is 5.20. The van der Waals surface area contributed by atoms with E-state index in [4.69, 9.17) is 9.84 Å². The highest BCUT2D eigenvalue weighted by atomic mass is 32.1. The van der Waals surface area contributed by atoms with Crippen molar-refractivity contribution in [1.82, 2.24) is 14.8 Å². The highest BCUT2D eigenvalue weighted by Crippen LogP contribution is 2.39. The molecule has 4 rings (SSSR count). The Kier molecular flexibility index (Phi) is 6.06. The van der Waals surface area contributed by atoms with Crippen LogP contribution in [0.25, 0.3) is 0 Å². The first-order valence-electron chi connectivity index (χ1n) is 10.0. The van der Waals surface area contributed by atoms with E-state index in [2.05, 4.69) is 20.7 Å². The Morgan fingerprint density at radius 3 is 2.71 bits per heavy atom. The molecule has 0 fully saturated rings. The van der Waals surface area contributed by atoms with E-state index in [1.807, 2.05) is 37.4 Å². The number of thiophene rings is 1. The van der Waals surface area contributed by atoms with Gasteiger partial charge >= 0.3 is 0 Å². The molecule has 8 nitrogen and oxygen atoms in total. The summed E-state index contributed by atoms with van der Waals surface area (Å²) in [4.78, 5) is 19.0. The van der Waals surface area contributed by atoms with Crippen LogP contribution in [0.3, 0.4) is 0 Å². The average molecular weight is 440 g/mol. The van der Waals surface area contributed by atoms with Gasteiger partial charge in [-0.2, -0.15) is 10.1 Å². The third kappa shape index (κ3) is 4.19. The van der Waals surface area contributed by atoms with E-state index in [0.29, 0.717) is 35.9 Å². The lowest BCUT2D eigenvalue weighted by atomic mass is 9.99. The molecule has 1 aliphatic heterocycles. The molecule has 1 aliphatic rings. The highest BCUT2D eigenvalue weighted by molar-refractivity contribution is 7.10. The van der Waals surface area contributed by atoms with Gasteiger partial charge in [0.25, 0.3) is 5.91 Å². The lowest BCUT2D eigenvalue weighted by molar-refractivity contribution is -0.113. The molecule has 3 N–H and O–H groups in total. The summed E-state index contributed by atoms with van der Waals surface area (Å²) >= 11 is 1.59. The minimum absolute atomic E-state index is 0.0809. The Morgan fingerprint density at radius 1 is 1.29 bits per heavy atom.